The van der Waals surface area contributed by atoms with Crippen molar-refractivity contribution in [3.8, 4) is 23.9 Å². The largest absolute Gasteiger partial charge is 0.475 e. The van der Waals surface area contributed by atoms with Crippen LogP contribution >= 0.6 is 0 Å². The van der Waals surface area contributed by atoms with Crippen molar-refractivity contribution in [3.63, 3.8) is 0 Å². The molecular formula is C29H35FN6O2. The Morgan fingerprint density at radius 3 is 2.53 bits per heavy atom. The number of fused-ring (bicyclic) bond motifs is 1. The summed E-state index contributed by atoms with van der Waals surface area (Å²) in [4.78, 5) is 29.7. The van der Waals surface area contributed by atoms with Gasteiger partial charge in [0.05, 0.1) is 0 Å². The lowest BCUT2D eigenvalue weighted by molar-refractivity contribution is 0.0684. The number of carbonyl (C=O) groups is 1. The van der Waals surface area contributed by atoms with Crippen LogP contribution in [0.5, 0.6) is 0 Å². The Bertz CT molecular complexity index is 1380. The number of nitrogens with one attached hydrogen (secondary N) is 1. The molecule has 8 nitrogen and oxygen atoms in total. The summed E-state index contributed by atoms with van der Waals surface area (Å²) in [5, 5.41) is 13.2. The summed E-state index contributed by atoms with van der Waals surface area (Å²) in [6, 6.07) is 1.79. The monoisotopic (exact) mass is 518 g/mol. The van der Waals surface area contributed by atoms with Crippen LogP contribution in [-0.2, 0) is 6.54 Å². The predicted octanol–water partition coefficient (Wildman–Crippen LogP) is 5.89. The zero-order valence-corrected chi connectivity index (χ0v) is 22.2. The van der Waals surface area contributed by atoms with Gasteiger partial charge in [0.25, 0.3) is 0 Å². The van der Waals surface area contributed by atoms with Crippen LogP contribution in [0.2, 0.25) is 0 Å². The van der Waals surface area contributed by atoms with Gasteiger partial charge >= 0.3 is 5.97 Å². The number of pyridine rings is 1. The Morgan fingerprint density at radius 2 is 1.92 bits per heavy atom. The molecule has 200 valence electrons. The van der Waals surface area contributed by atoms with E-state index < -0.39 is 11.8 Å². The number of carboxylic acids is 1. The Labute approximate surface area is 222 Å². The minimum Gasteiger partial charge on any atom is -0.475 e. The lowest BCUT2D eigenvalue weighted by atomic mass is 9.80. The number of aromatic nitrogens is 5. The molecule has 2 aliphatic rings. The number of hydrogen-bond donors (Lipinski definition) is 2. The highest BCUT2D eigenvalue weighted by Gasteiger charge is 2.30. The summed E-state index contributed by atoms with van der Waals surface area (Å²) in [7, 11) is 0. The molecule has 5 rings (SSSR count). The maximum absolute atomic E-state index is 15.8. The van der Waals surface area contributed by atoms with Crippen LogP contribution in [0.15, 0.2) is 12.3 Å². The van der Waals surface area contributed by atoms with Crippen LogP contribution in [0.3, 0.4) is 0 Å². The summed E-state index contributed by atoms with van der Waals surface area (Å²) in [5.74, 6) is 2.70. The Balaban J connectivity index is 1.67. The minimum atomic E-state index is -1.24. The van der Waals surface area contributed by atoms with E-state index in [0.717, 1.165) is 38.5 Å². The van der Waals surface area contributed by atoms with Crippen LogP contribution in [0, 0.1) is 35.9 Å². The van der Waals surface area contributed by atoms with E-state index in [0.29, 0.717) is 41.1 Å². The van der Waals surface area contributed by atoms with E-state index in [1.165, 1.54) is 6.42 Å². The fraction of sp³-hybridized carbons (Fsp3) is 0.552. The first-order chi connectivity index (χ1) is 18.3. The van der Waals surface area contributed by atoms with Gasteiger partial charge in [-0.25, -0.2) is 29.1 Å². The minimum absolute atomic E-state index is 0.0347. The number of imidazole rings is 1. The second-order valence-electron chi connectivity index (χ2n) is 11.1. The van der Waals surface area contributed by atoms with Gasteiger partial charge in [0, 0.05) is 24.7 Å². The quantitative estimate of drug-likeness (QED) is 0.358. The Kier molecular flexibility index (Phi) is 7.33. The van der Waals surface area contributed by atoms with Crippen LogP contribution in [0.25, 0.3) is 22.7 Å². The van der Waals surface area contributed by atoms with Crippen molar-refractivity contribution in [3.05, 3.63) is 29.5 Å². The molecule has 0 unspecified atom stereocenters. The van der Waals surface area contributed by atoms with Gasteiger partial charge in [-0.2, -0.15) is 0 Å². The molecule has 0 aliphatic heterocycles. The SMILES string of the molecule is C#CC1CCC(Cn2c(-c3nccc(C(C)C)c3F)nc3nc(C(=O)O)nc(N[C@H](C)C4CCC4)c32)CC1. The van der Waals surface area contributed by atoms with E-state index in [9.17, 15) is 9.90 Å². The summed E-state index contributed by atoms with van der Waals surface area (Å²) >= 11 is 0. The molecule has 3 aromatic rings. The molecule has 2 N–H and O–H groups in total. The van der Waals surface area contributed by atoms with Crippen LogP contribution < -0.4 is 5.32 Å². The van der Waals surface area contributed by atoms with Crippen LogP contribution in [0.1, 0.15) is 87.8 Å². The van der Waals surface area contributed by atoms with E-state index in [4.69, 9.17) is 11.4 Å². The van der Waals surface area contributed by atoms with Gasteiger partial charge in [0.2, 0.25) is 5.82 Å². The highest BCUT2D eigenvalue weighted by atomic mass is 19.1. The molecule has 3 heterocycles. The molecule has 2 saturated carbocycles. The first kappa shape index (κ1) is 26.1. The second kappa shape index (κ2) is 10.7. The van der Waals surface area contributed by atoms with E-state index in [1.54, 1.807) is 12.3 Å². The molecule has 0 radical (unpaired) electrons. The van der Waals surface area contributed by atoms with Crippen molar-refractivity contribution >= 4 is 23.0 Å². The van der Waals surface area contributed by atoms with Gasteiger partial charge in [-0.05, 0) is 74.8 Å². The van der Waals surface area contributed by atoms with Crippen molar-refractivity contribution < 1.29 is 14.3 Å². The fourth-order valence-corrected chi connectivity index (χ4v) is 5.69. The highest BCUT2D eigenvalue weighted by Crippen LogP contribution is 2.37. The van der Waals surface area contributed by atoms with Crippen molar-refractivity contribution in [1.29, 1.82) is 0 Å². The van der Waals surface area contributed by atoms with Crippen molar-refractivity contribution in [1.82, 2.24) is 24.5 Å². The highest BCUT2D eigenvalue weighted by molar-refractivity contribution is 5.92. The smallest absolute Gasteiger partial charge is 0.374 e. The standard InChI is InChI=1S/C29H35FN6O2/c1-5-18-9-11-19(12-10-18)15-36-24-25(32-17(4)20-7-6-8-20)33-27(29(37)38)34-26(24)35-28(36)23-22(30)21(16(2)3)13-14-31-23/h1,13-14,16-20H,6-12,15H2,2-4H3,(H,37,38)(H,32,33,34)/t17-,18?,19?/m1/s1. The molecule has 2 aliphatic carbocycles. The molecule has 0 aromatic carbocycles. The molecule has 0 spiro atoms. The number of anilines is 1. The van der Waals surface area contributed by atoms with E-state index >= 15 is 4.39 Å². The average molecular weight is 519 g/mol. The summed E-state index contributed by atoms with van der Waals surface area (Å²) in [5.41, 5.74) is 1.51. The molecule has 2 fully saturated rings. The van der Waals surface area contributed by atoms with Crippen molar-refractivity contribution in [2.75, 3.05) is 5.32 Å². The molecule has 1 atom stereocenters. The first-order valence-electron chi connectivity index (χ1n) is 13.7. The van der Waals surface area contributed by atoms with Crippen molar-refractivity contribution in [2.45, 2.75) is 84.2 Å². The molecule has 0 bridgehead atoms. The fourth-order valence-electron chi connectivity index (χ4n) is 5.69. The number of terminal acetylenes is 1. The maximum Gasteiger partial charge on any atom is 0.374 e. The zero-order valence-electron chi connectivity index (χ0n) is 22.2. The maximum atomic E-state index is 15.8. The summed E-state index contributed by atoms with van der Waals surface area (Å²) in [6.07, 6.45) is 14.5. The second-order valence-corrected chi connectivity index (χ2v) is 11.1. The Hall–Kier alpha value is -3.54. The topological polar surface area (TPSA) is 106 Å². The lowest BCUT2D eigenvalue weighted by Crippen LogP contribution is -2.31. The third kappa shape index (κ3) is 4.96. The molecule has 9 heteroatoms. The van der Waals surface area contributed by atoms with Gasteiger partial charge < -0.3 is 15.0 Å². The number of nitrogens with zero attached hydrogens (tertiary/aromatic N) is 5. The van der Waals surface area contributed by atoms with E-state index in [2.05, 4.69) is 33.1 Å². The van der Waals surface area contributed by atoms with E-state index in [1.807, 2.05) is 18.4 Å². The number of halogens is 1. The van der Waals surface area contributed by atoms with Gasteiger partial charge in [0.1, 0.15) is 11.2 Å². The Morgan fingerprint density at radius 1 is 1.18 bits per heavy atom. The van der Waals surface area contributed by atoms with Crippen molar-refractivity contribution in [2.24, 2.45) is 17.8 Å². The third-order valence-corrected chi connectivity index (χ3v) is 8.29. The van der Waals surface area contributed by atoms with Crippen LogP contribution in [0.4, 0.5) is 10.2 Å². The number of rotatable bonds is 8. The van der Waals surface area contributed by atoms with E-state index in [-0.39, 0.29) is 35.0 Å². The number of carboxylic acid groups (broad SMARTS) is 1. The lowest BCUT2D eigenvalue weighted by Gasteiger charge is -2.32. The zero-order chi connectivity index (χ0) is 27.0. The van der Waals surface area contributed by atoms with Gasteiger partial charge in [0.15, 0.2) is 23.1 Å². The normalized spacial score (nSPS) is 20.7. The molecule has 38 heavy (non-hydrogen) atoms. The van der Waals surface area contributed by atoms with Gasteiger partial charge in [-0.15, -0.1) is 12.3 Å². The molecule has 0 amide bonds. The molecular weight excluding hydrogens is 483 g/mol. The predicted molar refractivity (Wildman–Crippen MR) is 144 cm³/mol. The number of hydrogen-bond acceptors (Lipinski definition) is 6. The molecule has 3 aromatic heterocycles. The summed E-state index contributed by atoms with van der Waals surface area (Å²) < 4.78 is 17.7. The van der Waals surface area contributed by atoms with Gasteiger partial charge in [-0.3, -0.25) is 0 Å². The average Bonchev–Trinajstić information content (AvgIpc) is 3.21. The van der Waals surface area contributed by atoms with Gasteiger partial charge in [-0.1, -0.05) is 20.3 Å². The molecule has 0 saturated heterocycles. The number of aromatic carboxylic acids is 1. The third-order valence-electron chi connectivity index (χ3n) is 8.29. The summed E-state index contributed by atoms with van der Waals surface area (Å²) in [6.45, 7) is 6.53. The van der Waals surface area contributed by atoms with Crippen LogP contribution in [-0.4, -0.2) is 41.6 Å². The first-order valence-corrected chi connectivity index (χ1v) is 13.7.